The van der Waals surface area contributed by atoms with E-state index in [1.54, 1.807) is 12.1 Å². The summed E-state index contributed by atoms with van der Waals surface area (Å²) in [7, 11) is 0. The van der Waals surface area contributed by atoms with Gasteiger partial charge in [-0.2, -0.15) is 13.2 Å². The number of quaternary nitrogens is 1. The van der Waals surface area contributed by atoms with Crippen molar-refractivity contribution < 1.29 is 22.5 Å². The number of benzene rings is 2. The summed E-state index contributed by atoms with van der Waals surface area (Å²) in [5, 5.41) is 0.696. The molecule has 2 aromatic carbocycles. The van der Waals surface area contributed by atoms with Gasteiger partial charge in [-0.25, -0.2) is 14.4 Å². The minimum atomic E-state index is -4.35. The van der Waals surface area contributed by atoms with Crippen LogP contribution < -0.4 is 9.80 Å². The maximum Gasteiger partial charge on any atom is 0.416 e. The van der Waals surface area contributed by atoms with Gasteiger partial charge in [0.1, 0.15) is 28.9 Å². The van der Waals surface area contributed by atoms with Crippen molar-refractivity contribution >= 4 is 33.4 Å². The number of nitrogens with one attached hydrogen (secondary N) is 2. The van der Waals surface area contributed by atoms with Crippen LogP contribution in [0.3, 0.4) is 0 Å². The second-order valence-electron chi connectivity index (χ2n) is 7.40. The highest BCUT2D eigenvalue weighted by Gasteiger charge is 2.32. The van der Waals surface area contributed by atoms with Crippen LogP contribution >= 0.6 is 0 Å². The minimum Gasteiger partial charge on any atom is -0.350 e. The first kappa shape index (κ1) is 18.8. The molecule has 1 aliphatic rings. The number of rotatable bonds is 2. The molecule has 0 amide bonds. The molecule has 1 fully saturated rings. The van der Waals surface area contributed by atoms with Crippen molar-refractivity contribution in [2.24, 2.45) is 0 Å². The fraction of sp³-hybridized carbons (Fsp3) is 0.238. The molecule has 5 nitrogen and oxygen atoms in total. The number of H-pyrrole nitrogens is 1. The van der Waals surface area contributed by atoms with Gasteiger partial charge in [0.25, 0.3) is 0 Å². The Balaban J connectivity index is 1.41. The summed E-state index contributed by atoms with van der Waals surface area (Å²) in [4.78, 5) is 15.1. The Morgan fingerprint density at radius 3 is 2.57 bits per heavy atom. The van der Waals surface area contributed by atoms with E-state index in [0.29, 0.717) is 42.8 Å². The third-order valence-electron chi connectivity index (χ3n) is 5.59. The third kappa shape index (κ3) is 3.24. The molecule has 0 bridgehead atoms. The molecule has 154 valence electrons. The first-order valence-corrected chi connectivity index (χ1v) is 9.59. The van der Waals surface area contributed by atoms with E-state index in [4.69, 9.17) is 0 Å². The Kier molecular flexibility index (Phi) is 4.35. The number of fused-ring (bicyclic) bond motifs is 3. The van der Waals surface area contributed by atoms with Crippen molar-refractivity contribution in [2.45, 2.75) is 6.18 Å². The molecular formula is C21H18F4N5+. The molecule has 0 aliphatic carbocycles. The molecular weight excluding hydrogens is 398 g/mol. The second kappa shape index (κ2) is 6.94. The monoisotopic (exact) mass is 416 g/mol. The van der Waals surface area contributed by atoms with Crippen LogP contribution in [0, 0.1) is 5.82 Å². The average molecular weight is 416 g/mol. The SMILES string of the molecule is Fc1ccc2[nH]c3c(N4CC[NH+](c5cccc(C(F)(F)F)c5)CC4)ncnc3c2c1. The van der Waals surface area contributed by atoms with E-state index >= 15 is 0 Å². The van der Waals surface area contributed by atoms with Gasteiger partial charge in [0, 0.05) is 17.0 Å². The summed E-state index contributed by atoms with van der Waals surface area (Å²) < 4.78 is 52.7. The molecule has 0 saturated carbocycles. The van der Waals surface area contributed by atoms with Gasteiger partial charge in [0.15, 0.2) is 5.82 Å². The van der Waals surface area contributed by atoms with Crippen LogP contribution in [0.2, 0.25) is 0 Å². The van der Waals surface area contributed by atoms with E-state index in [-0.39, 0.29) is 5.82 Å². The van der Waals surface area contributed by atoms with Crippen LogP contribution in [-0.4, -0.2) is 41.1 Å². The highest BCUT2D eigenvalue weighted by molar-refractivity contribution is 6.08. The molecule has 30 heavy (non-hydrogen) atoms. The molecule has 0 spiro atoms. The van der Waals surface area contributed by atoms with E-state index < -0.39 is 11.7 Å². The molecule has 0 radical (unpaired) electrons. The molecule has 3 heterocycles. The van der Waals surface area contributed by atoms with Crippen molar-refractivity contribution in [3.05, 3.63) is 60.2 Å². The molecule has 9 heteroatoms. The van der Waals surface area contributed by atoms with E-state index in [9.17, 15) is 17.6 Å². The first-order valence-electron chi connectivity index (χ1n) is 9.59. The topological polar surface area (TPSA) is 49.2 Å². The Bertz CT molecular complexity index is 1230. The summed E-state index contributed by atoms with van der Waals surface area (Å²) in [6.45, 7) is 2.53. The predicted molar refractivity (Wildman–Crippen MR) is 105 cm³/mol. The van der Waals surface area contributed by atoms with Crippen LogP contribution in [0.1, 0.15) is 5.56 Å². The van der Waals surface area contributed by atoms with Crippen LogP contribution in [-0.2, 0) is 6.18 Å². The fourth-order valence-electron chi connectivity index (χ4n) is 4.08. The Labute approximate surface area is 169 Å². The van der Waals surface area contributed by atoms with Crippen LogP contribution in [0.5, 0.6) is 0 Å². The zero-order valence-electron chi connectivity index (χ0n) is 15.8. The van der Waals surface area contributed by atoms with Gasteiger partial charge in [-0.1, -0.05) is 6.07 Å². The highest BCUT2D eigenvalue weighted by Crippen LogP contribution is 2.31. The number of anilines is 1. The van der Waals surface area contributed by atoms with Crippen LogP contribution in [0.4, 0.5) is 29.1 Å². The fourth-order valence-corrected chi connectivity index (χ4v) is 4.08. The zero-order valence-corrected chi connectivity index (χ0v) is 15.8. The van der Waals surface area contributed by atoms with Gasteiger partial charge in [-0.05, 0) is 30.3 Å². The summed E-state index contributed by atoms with van der Waals surface area (Å²) in [5.41, 5.74) is 2.18. The molecule has 4 aromatic rings. The van der Waals surface area contributed by atoms with E-state index in [0.717, 1.165) is 27.8 Å². The lowest BCUT2D eigenvalue weighted by Crippen LogP contribution is -3.10. The van der Waals surface area contributed by atoms with E-state index in [1.807, 2.05) is 0 Å². The molecule has 0 unspecified atom stereocenters. The normalized spacial score (nSPS) is 15.9. The van der Waals surface area contributed by atoms with Gasteiger partial charge in [0.05, 0.1) is 31.7 Å². The lowest BCUT2D eigenvalue weighted by molar-refractivity contribution is -0.833. The third-order valence-corrected chi connectivity index (χ3v) is 5.59. The van der Waals surface area contributed by atoms with Gasteiger partial charge >= 0.3 is 6.18 Å². The number of hydrogen-bond acceptors (Lipinski definition) is 3. The Morgan fingerprint density at radius 2 is 1.80 bits per heavy atom. The summed E-state index contributed by atoms with van der Waals surface area (Å²) in [5.74, 6) is 0.390. The highest BCUT2D eigenvalue weighted by atomic mass is 19.4. The number of halogens is 4. The molecule has 1 saturated heterocycles. The van der Waals surface area contributed by atoms with E-state index in [1.165, 1.54) is 30.6 Å². The zero-order chi connectivity index (χ0) is 20.9. The molecule has 2 N–H and O–H groups in total. The minimum absolute atomic E-state index is 0.332. The van der Waals surface area contributed by atoms with Crippen molar-refractivity contribution in [2.75, 3.05) is 31.1 Å². The standard InChI is InChI=1S/C21H17F4N5/c22-14-4-5-17-16(11-14)18-19(28-17)20(27-12-26-18)30-8-6-29(7-9-30)15-3-1-2-13(10-15)21(23,24)25/h1-5,10-12,28H,6-9H2/p+1. The number of aromatic nitrogens is 3. The summed E-state index contributed by atoms with van der Waals surface area (Å²) in [6.07, 6.45) is -2.89. The largest absolute Gasteiger partial charge is 0.416 e. The summed E-state index contributed by atoms with van der Waals surface area (Å²) >= 11 is 0. The van der Waals surface area contributed by atoms with Gasteiger partial charge in [-0.15, -0.1) is 0 Å². The number of hydrogen-bond donors (Lipinski definition) is 2. The molecule has 0 atom stereocenters. The van der Waals surface area contributed by atoms with Crippen molar-refractivity contribution in [3.8, 4) is 0 Å². The second-order valence-corrected chi connectivity index (χ2v) is 7.40. The lowest BCUT2D eigenvalue weighted by atomic mass is 10.1. The van der Waals surface area contributed by atoms with Gasteiger partial charge < -0.3 is 9.88 Å². The molecule has 1 aliphatic heterocycles. The molecule has 5 rings (SSSR count). The predicted octanol–water partition coefficient (Wildman–Crippen LogP) is 3.31. The number of alkyl halides is 3. The van der Waals surface area contributed by atoms with Crippen molar-refractivity contribution in [1.82, 2.24) is 15.0 Å². The average Bonchev–Trinajstić information content (AvgIpc) is 3.11. The van der Waals surface area contributed by atoms with Crippen LogP contribution in [0.15, 0.2) is 48.8 Å². The van der Waals surface area contributed by atoms with Gasteiger partial charge in [0.2, 0.25) is 0 Å². The summed E-state index contributed by atoms with van der Waals surface area (Å²) in [6, 6.07) is 10.0. The Morgan fingerprint density at radius 1 is 1.00 bits per heavy atom. The lowest BCUT2D eigenvalue weighted by Gasteiger charge is -2.32. The first-order chi connectivity index (χ1) is 14.4. The number of piperazine rings is 1. The number of nitrogens with zero attached hydrogens (tertiary/aromatic N) is 3. The van der Waals surface area contributed by atoms with Gasteiger partial charge in [-0.3, -0.25) is 4.90 Å². The smallest absolute Gasteiger partial charge is 0.350 e. The maximum absolute atomic E-state index is 13.7. The quantitative estimate of drug-likeness (QED) is 0.493. The van der Waals surface area contributed by atoms with Crippen LogP contribution in [0.25, 0.3) is 21.9 Å². The van der Waals surface area contributed by atoms with E-state index in [2.05, 4.69) is 19.9 Å². The van der Waals surface area contributed by atoms with Crippen molar-refractivity contribution in [1.29, 1.82) is 0 Å². The van der Waals surface area contributed by atoms with Crippen molar-refractivity contribution in [3.63, 3.8) is 0 Å². The maximum atomic E-state index is 13.7. The number of aromatic amines is 1. The Hall–Kier alpha value is -3.20. The molecule has 2 aromatic heterocycles.